The highest BCUT2D eigenvalue weighted by atomic mass is 32.2. The average molecular weight is 643 g/mol. The van der Waals surface area contributed by atoms with Crippen LogP contribution in [0.2, 0.25) is 0 Å². The van der Waals surface area contributed by atoms with Crippen LogP contribution >= 0.6 is 23.1 Å². The van der Waals surface area contributed by atoms with E-state index in [1.165, 1.54) is 37.5 Å². The molecule has 3 atom stereocenters. The number of anilines is 1. The first-order valence-electron chi connectivity index (χ1n) is 12.5. The summed E-state index contributed by atoms with van der Waals surface area (Å²) in [5, 5.41) is 6.28. The lowest BCUT2D eigenvalue weighted by Crippen LogP contribution is -2.82. The number of oxime groups is 1. The van der Waals surface area contributed by atoms with E-state index in [4.69, 9.17) is 24.7 Å². The van der Waals surface area contributed by atoms with E-state index >= 15 is 0 Å². The fraction of sp³-hybridized carbons (Fsp3) is 0.500. The van der Waals surface area contributed by atoms with Gasteiger partial charge in [0.25, 0.3) is 11.8 Å². The van der Waals surface area contributed by atoms with Crippen LogP contribution in [0.1, 0.15) is 33.4 Å². The molecule has 234 valence electrons. The van der Waals surface area contributed by atoms with Crippen molar-refractivity contribution in [3.63, 3.8) is 0 Å². The topological polar surface area (TPSA) is 218 Å². The molecular weight excluding hydrogens is 612 g/mol. The maximum absolute atomic E-state index is 13.6. The Morgan fingerprint density at radius 3 is 2.49 bits per heavy atom. The van der Waals surface area contributed by atoms with Crippen molar-refractivity contribution in [3.8, 4) is 0 Å². The van der Waals surface area contributed by atoms with Crippen LogP contribution in [-0.4, -0.2) is 106 Å². The van der Waals surface area contributed by atoms with Gasteiger partial charge in [-0.1, -0.05) is 5.16 Å². The first-order valence-corrected chi connectivity index (χ1v) is 14.4. The van der Waals surface area contributed by atoms with Gasteiger partial charge in [-0.2, -0.15) is 0 Å². The third-order valence-electron chi connectivity index (χ3n) is 5.43. The Bertz CT molecular complexity index is 1360. The number of carbonyl (C=O) groups excluding carboxylic acids is 6. The molecule has 0 bridgehead atoms. The minimum absolute atomic E-state index is 0.0630. The maximum atomic E-state index is 13.6. The van der Waals surface area contributed by atoms with Crippen molar-refractivity contribution in [1.82, 2.24) is 20.1 Å². The predicted molar refractivity (Wildman–Crippen MR) is 150 cm³/mol. The van der Waals surface area contributed by atoms with E-state index in [-0.39, 0.29) is 23.2 Å². The first kappa shape index (κ1) is 33.1. The van der Waals surface area contributed by atoms with Gasteiger partial charge < -0.3 is 44.6 Å². The van der Waals surface area contributed by atoms with Gasteiger partial charge in [0.2, 0.25) is 11.8 Å². The van der Waals surface area contributed by atoms with Gasteiger partial charge in [0.15, 0.2) is 10.8 Å². The van der Waals surface area contributed by atoms with Gasteiger partial charge in [0.05, 0.1) is 6.10 Å². The number of amides is 3. The molecule has 2 aliphatic heterocycles. The van der Waals surface area contributed by atoms with Crippen molar-refractivity contribution in [2.45, 2.75) is 51.0 Å². The predicted octanol–water partition coefficient (Wildman–Crippen LogP) is 0.796. The van der Waals surface area contributed by atoms with Gasteiger partial charge in [0.1, 0.15) is 17.7 Å². The number of fused-ring (bicyclic) bond motifs is 1. The largest absolute Gasteiger partial charge is 0.511 e. The minimum Gasteiger partial charge on any atom is -0.445 e. The van der Waals surface area contributed by atoms with E-state index in [1.54, 1.807) is 13.8 Å². The molecule has 2 unspecified atom stereocenters. The highest BCUT2D eigenvalue weighted by Gasteiger charge is 2.69. The van der Waals surface area contributed by atoms with Crippen LogP contribution in [0, 0.1) is 0 Å². The molecule has 1 aromatic rings. The lowest BCUT2D eigenvalue weighted by molar-refractivity contribution is -0.188. The molecule has 0 aliphatic carbocycles. The van der Waals surface area contributed by atoms with Crippen molar-refractivity contribution in [2.24, 2.45) is 5.16 Å². The summed E-state index contributed by atoms with van der Waals surface area (Å²) >= 11 is 2.03. The Kier molecular flexibility index (Phi) is 10.6. The molecule has 2 aliphatic rings. The van der Waals surface area contributed by atoms with Crippen LogP contribution in [0.4, 0.5) is 14.7 Å². The van der Waals surface area contributed by atoms with Crippen LogP contribution in [-0.2, 0) is 43.0 Å². The van der Waals surface area contributed by atoms with Crippen molar-refractivity contribution in [3.05, 3.63) is 22.8 Å². The number of thiazole rings is 1. The molecular formula is C24H30N6O11S2. The number of hydrogen-bond donors (Lipinski definition) is 2. The zero-order valence-corrected chi connectivity index (χ0v) is 25.6. The second kappa shape index (κ2) is 13.7. The zero-order valence-electron chi connectivity index (χ0n) is 24.0. The molecule has 3 heterocycles. The second-order valence-electron chi connectivity index (χ2n) is 9.48. The highest BCUT2D eigenvalue weighted by Crippen LogP contribution is 2.44. The molecule has 19 heteroatoms. The smallest absolute Gasteiger partial charge is 0.445 e. The molecule has 3 rings (SSSR count). The molecule has 3 amide bonds. The highest BCUT2D eigenvalue weighted by molar-refractivity contribution is 8.00. The van der Waals surface area contributed by atoms with E-state index in [0.717, 1.165) is 34.9 Å². The molecule has 0 aromatic carbocycles. The van der Waals surface area contributed by atoms with Gasteiger partial charge >= 0.3 is 24.2 Å². The van der Waals surface area contributed by atoms with E-state index in [0.29, 0.717) is 5.57 Å². The van der Waals surface area contributed by atoms with Crippen molar-refractivity contribution >= 4 is 69.9 Å². The normalized spacial score (nSPS) is 20.1. The maximum Gasteiger partial charge on any atom is 0.511 e. The van der Waals surface area contributed by atoms with Gasteiger partial charge in [-0.3, -0.25) is 9.59 Å². The molecule has 43 heavy (non-hydrogen) atoms. The number of hydrogen-bond acceptors (Lipinski definition) is 16. The van der Waals surface area contributed by atoms with E-state index < -0.39 is 65.0 Å². The third kappa shape index (κ3) is 7.72. The lowest BCUT2D eigenvalue weighted by Gasteiger charge is -2.53. The quantitative estimate of drug-likeness (QED) is 0.0527. The van der Waals surface area contributed by atoms with Gasteiger partial charge in [-0.15, -0.1) is 23.1 Å². The summed E-state index contributed by atoms with van der Waals surface area (Å²) in [7, 11) is 3.02. The third-order valence-corrected chi connectivity index (χ3v) is 7.54. The molecule has 1 saturated heterocycles. The summed E-state index contributed by atoms with van der Waals surface area (Å²) in [5.74, 6) is -3.96. The molecule has 17 nitrogen and oxygen atoms in total. The first-order chi connectivity index (χ1) is 20.1. The van der Waals surface area contributed by atoms with E-state index in [1.807, 2.05) is 0 Å². The number of nitrogens with two attached hydrogens (primary N) is 1. The Hall–Kier alpha value is -4.39. The van der Waals surface area contributed by atoms with E-state index in [9.17, 15) is 28.8 Å². The number of rotatable bonds is 10. The van der Waals surface area contributed by atoms with Gasteiger partial charge in [-0.05, 0) is 19.4 Å². The Balaban J connectivity index is 1.91. The SMILES string of the molecule is CC(=O)O/N=C(\C(=O)NC1(C(=O)OC(C)OC(=O)OC(C)C)C(=O)N2C=C(COC(=O)N(C)C)CS[C@H]21)c1csc(N)n1. The standard InChI is InChI=1S/C24H30N6O11S2/c1-11(2)38-23(36)40-13(4)39-20(34)24(27-17(32)16(28-41-12(3)31)15-10-43-21(25)26-15)18(33)30-7-14(9-42-19(24)30)8-37-22(35)29(5)6/h7,10-11,13,19H,8-9H2,1-6H3,(H2,25,26)(H,27,32)/b28-16-/t13?,19-,24?/m0/s1. The zero-order chi connectivity index (χ0) is 32.1. The van der Waals surface area contributed by atoms with Crippen LogP contribution in [0.25, 0.3) is 0 Å². The summed E-state index contributed by atoms with van der Waals surface area (Å²) in [5.41, 5.74) is 3.22. The number of nitrogens with zero attached hydrogens (tertiary/aromatic N) is 4. The van der Waals surface area contributed by atoms with Crippen LogP contribution in [0.15, 0.2) is 22.3 Å². The fourth-order valence-corrected chi connectivity index (χ4v) is 5.50. The van der Waals surface area contributed by atoms with Crippen LogP contribution in [0.5, 0.6) is 0 Å². The fourth-order valence-electron chi connectivity index (χ4n) is 3.60. The summed E-state index contributed by atoms with van der Waals surface area (Å²) in [6, 6.07) is 0. The number of ether oxygens (including phenoxy) is 4. The number of aromatic nitrogens is 1. The van der Waals surface area contributed by atoms with Crippen molar-refractivity contribution in [2.75, 3.05) is 32.2 Å². The number of β-lactam (4-membered cyclic amide) rings is 1. The molecule has 1 fully saturated rings. The Morgan fingerprint density at radius 2 is 1.91 bits per heavy atom. The van der Waals surface area contributed by atoms with Crippen LogP contribution < -0.4 is 11.1 Å². The summed E-state index contributed by atoms with van der Waals surface area (Å²) in [6.45, 7) is 5.30. The monoisotopic (exact) mass is 642 g/mol. The molecule has 1 aromatic heterocycles. The molecule has 0 saturated carbocycles. The molecule has 3 N–H and O–H groups in total. The van der Waals surface area contributed by atoms with Crippen LogP contribution in [0.3, 0.4) is 0 Å². The Morgan fingerprint density at radius 1 is 1.21 bits per heavy atom. The van der Waals surface area contributed by atoms with Crippen molar-refractivity contribution in [1.29, 1.82) is 0 Å². The van der Waals surface area contributed by atoms with Crippen molar-refractivity contribution < 1.29 is 52.6 Å². The second-order valence-corrected chi connectivity index (χ2v) is 11.4. The molecule has 0 spiro atoms. The number of esters is 1. The summed E-state index contributed by atoms with van der Waals surface area (Å²) < 4.78 is 20.2. The minimum atomic E-state index is -2.35. The van der Waals surface area contributed by atoms with Gasteiger partial charge in [0, 0.05) is 45.3 Å². The number of thioether (sulfide) groups is 1. The summed E-state index contributed by atoms with van der Waals surface area (Å²) in [4.78, 5) is 86.8. The lowest BCUT2D eigenvalue weighted by atomic mass is 9.87. The van der Waals surface area contributed by atoms with Gasteiger partial charge in [-0.25, -0.2) is 24.2 Å². The number of carbonyl (C=O) groups is 6. The summed E-state index contributed by atoms with van der Waals surface area (Å²) in [6.07, 6.45) is -2.36. The average Bonchev–Trinajstić information content (AvgIpc) is 3.34. The Labute approximate surface area is 253 Å². The molecule has 0 radical (unpaired) electrons. The van der Waals surface area contributed by atoms with E-state index in [2.05, 4.69) is 20.3 Å². The number of nitrogens with one attached hydrogen (secondary N) is 1. The number of nitrogen functional groups attached to an aromatic ring is 1.